The third-order valence-electron chi connectivity index (χ3n) is 1.68. The normalized spacial score (nSPS) is 26.3. The van der Waals surface area contributed by atoms with E-state index in [0.29, 0.717) is 5.88 Å². The molecule has 1 aliphatic heterocycles. The van der Waals surface area contributed by atoms with Gasteiger partial charge in [-0.3, -0.25) is 0 Å². The Bertz CT molecular complexity index is 243. The fourth-order valence-electron chi connectivity index (χ4n) is 0.926. The minimum Gasteiger partial charge on any atom is -0.482 e. The van der Waals surface area contributed by atoms with Gasteiger partial charge in [0.25, 0.3) is 5.75 Å². The van der Waals surface area contributed by atoms with Crippen molar-refractivity contribution in [2.45, 2.75) is 5.75 Å². The van der Waals surface area contributed by atoms with Gasteiger partial charge in [-0.25, -0.2) is 4.99 Å². The largest absolute Gasteiger partial charge is 0.536 e. The fourth-order valence-corrected chi connectivity index (χ4v) is 0.926. The van der Waals surface area contributed by atoms with Crippen LogP contribution in [0.2, 0.25) is 0 Å². The molecule has 0 aromatic rings. The molecule has 7 heteroatoms. The number of aliphatic imine (C=N–C) groups is 1. The summed E-state index contributed by atoms with van der Waals surface area (Å²) in [5.41, 5.74) is 0. The van der Waals surface area contributed by atoms with Crippen molar-refractivity contribution >= 4 is 13.3 Å². The summed E-state index contributed by atoms with van der Waals surface area (Å²) >= 11 is 0. The first-order valence-electron chi connectivity index (χ1n) is 3.63. The summed E-state index contributed by atoms with van der Waals surface area (Å²) in [6.07, 6.45) is 2.91. The van der Waals surface area contributed by atoms with E-state index in [1.807, 2.05) is 0 Å². The molecule has 13 heavy (non-hydrogen) atoms. The second-order valence-electron chi connectivity index (χ2n) is 2.41. The topological polar surface area (TPSA) is 83.3 Å². The van der Waals surface area contributed by atoms with Gasteiger partial charge < -0.3 is 24.8 Å². The Labute approximate surface area is 76.0 Å². The third-order valence-corrected chi connectivity index (χ3v) is 1.68. The second kappa shape index (κ2) is 3.78. The van der Waals surface area contributed by atoms with Crippen molar-refractivity contribution in [1.29, 1.82) is 0 Å². The van der Waals surface area contributed by atoms with Crippen LogP contribution in [0.15, 0.2) is 17.0 Å². The number of rotatable bonds is 3. The molecule has 1 heterocycles. The van der Waals surface area contributed by atoms with E-state index < -0.39 is 12.9 Å². The van der Waals surface area contributed by atoms with E-state index in [1.165, 1.54) is 20.4 Å². The molecular formula is C6H11BN2O4. The molecule has 0 spiro atoms. The van der Waals surface area contributed by atoms with Crippen LogP contribution in [0, 0.1) is 0 Å². The Hall–Kier alpha value is -1.05. The van der Waals surface area contributed by atoms with Crippen LogP contribution in [0.5, 0.6) is 0 Å². The average molecular weight is 186 g/mol. The summed E-state index contributed by atoms with van der Waals surface area (Å²) in [6, 6.07) is 0. The molecule has 0 radical (unpaired) electrons. The zero-order chi connectivity index (χ0) is 9.90. The zero-order valence-corrected chi connectivity index (χ0v) is 7.39. The van der Waals surface area contributed by atoms with Gasteiger partial charge in [-0.2, -0.15) is 0 Å². The number of hydrogen-bond acceptors (Lipinski definition) is 6. The minimum atomic E-state index is -1.77. The van der Waals surface area contributed by atoms with Crippen molar-refractivity contribution in [2.75, 3.05) is 14.2 Å². The molecule has 0 saturated heterocycles. The molecule has 6 nitrogen and oxygen atoms in total. The minimum absolute atomic E-state index is 0.352. The summed E-state index contributed by atoms with van der Waals surface area (Å²) in [6.45, 7) is 0. The van der Waals surface area contributed by atoms with Gasteiger partial charge in [0.15, 0.2) is 5.88 Å². The lowest BCUT2D eigenvalue weighted by atomic mass is 9.81. The van der Waals surface area contributed by atoms with E-state index in [0.717, 1.165) is 0 Å². The molecule has 0 aromatic heterocycles. The quantitative estimate of drug-likeness (QED) is 0.465. The third kappa shape index (κ3) is 1.82. The van der Waals surface area contributed by atoms with Crippen LogP contribution in [0.3, 0.4) is 0 Å². The van der Waals surface area contributed by atoms with Gasteiger partial charge >= 0.3 is 7.12 Å². The molecule has 0 amide bonds. The predicted octanol–water partition coefficient (Wildman–Crippen LogP) is -1.54. The van der Waals surface area contributed by atoms with E-state index >= 15 is 0 Å². The summed E-state index contributed by atoms with van der Waals surface area (Å²) < 4.78 is 9.70. The Morgan fingerprint density at radius 3 is 2.69 bits per heavy atom. The van der Waals surface area contributed by atoms with Gasteiger partial charge in [-0.05, 0) is 0 Å². The standard InChI is InChI=1S/C6H11BN2O4/c1-12-5-3-4-8-6(9-5,13-2)7(10)11/h3-4,9-11H,1-2H3. The fraction of sp³-hybridized carbons (Fsp3) is 0.500. The maximum Gasteiger partial charge on any atom is 0.536 e. The van der Waals surface area contributed by atoms with E-state index in [9.17, 15) is 0 Å². The number of hydrogen-bond donors (Lipinski definition) is 3. The van der Waals surface area contributed by atoms with E-state index in [4.69, 9.17) is 19.5 Å². The molecule has 3 N–H and O–H groups in total. The highest BCUT2D eigenvalue weighted by molar-refractivity contribution is 6.45. The van der Waals surface area contributed by atoms with Crippen LogP contribution in [0.4, 0.5) is 0 Å². The highest BCUT2D eigenvalue weighted by Crippen LogP contribution is 2.14. The molecule has 0 aliphatic carbocycles. The van der Waals surface area contributed by atoms with Gasteiger partial charge in [0.2, 0.25) is 0 Å². The highest BCUT2D eigenvalue weighted by Gasteiger charge is 2.44. The van der Waals surface area contributed by atoms with Gasteiger partial charge in [0, 0.05) is 19.4 Å². The molecule has 0 aromatic carbocycles. The maximum atomic E-state index is 9.01. The molecule has 72 valence electrons. The lowest BCUT2D eigenvalue weighted by molar-refractivity contribution is 0.00234. The van der Waals surface area contributed by atoms with Gasteiger partial charge in [0.05, 0.1) is 7.11 Å². The van der Waals surface area contributed by atoms with Crippen molar-refractivity contribution in [3.63, 3.8) is 0 Å². The predicted molar refractivity (Wildman–Crippen MR) is 46.7 cm³/mol. The van der Waals surface area contributed by atoms with Crippen molar-refractivity contribution in [3.05, 3.63) is 12.0 Å². The summed E-state index contributed by atoms with van der Waals surface area (Å²) in [5.74, 6) is -1.22. The Morgan fingerprint density at radius 1 is 1.54 bits per heavy atom. The molecule has 1 rings (SSSR count). The first-order chi connectivity index (χ1) is 6.14. The Kier molecular flexibility index (Phi) is 2.92. The van der Waals surface area contributed by atoms with E-state index in [2.05, 4.69) is 10.3 Å². The van der Waals surface area contributed by atoms with Crippen LogP contribution < -0.4 is 5.32 Å². The smallest absolute Gasteiger partial charge is 0.482 e. The molecule has 0 fully saturated rings. The number of ether oxygens (including phenoxy) is 2. The highest BCUT2D eigenvalue weighted by atomic mass is 16.5. The second-order valence-corrected chi connectivity index (χ2v) is 2.41. The summed E-state index contributed by atoms with van der Waals surface area (Å²) in [7, 11) is 0.984. The average Bonchev–Trinajstić information content (AvgIpc) is 2.17. The molecule has 1 atom stereocenters. The van der Waals surface area contributed by atoms with Crippen molar-refractivity contribution in [2.24, 2.45) is 4.99 Å². The zero-order valence-electron chi connectivity index (χ0n) is 7.39. The molecular weight excluding hydrogens is 175 g/mol. The molecule has 1 unspecified atom stereocenters. The first kappa shape index (κ1) is 10.0. The van der Waals surface area contributed by atoms with Crippen molar-refractivity contribution in [1.82, 2.24) is 5.32 Å². The van der Waals surface area contributed by atoms with Crippen molar-refractivity contribution in [3.8, 4) is 0 Å². The Morgan fingerprint density at radius 2 is 2.23 bits per heavy atom. The lowest BCUT2D eigenvalue weighted by Gasteiger charge is -2.31. The number of nitrogens with zero attached hydrogens (tertiary/aromatic N) is 1. The SMILES string of the molecule is COC1=CC=NC(OC)(B(O)O)N1. The van der Waals surface area contributed by atoms with Crippen LogP contribution in [0.25, 0.3) is 0 Å². The molecule has 0 saturated carbocycles. The number of nitrogens with one attached hydrogen (secondary N) is 1. The van der Waals surface area contributed by atoms with Gasteiger partial charge in [-0.1, -0.05) is 0 Å². The monoisotopic (exact) mass is 186 g/mol. The molecule has 0 bridgehead atoms. The maximum absolute atomic E-state index is 9.01. The van der Waals surface area contributed by atoms with Gasteiger partial charge in [0.1, 0.15) is 0 Å². The first-order valence-corrected chi connectivity index (χ1v) is 3.63. The Balaban J connectivity index is 2.83. The lowest BCUT2D eigenvalue weighted by Crippen LogP contribution is -2.58. The summed E-state index contributed by atoms with van der Waals surface area (Å²) in [4.78, 5) is 3.76. The molecule has 1 aliphatic rings. The number of methoxy groups -OCH3 is 2. The van der Waals surface area contributed by atoms with Gasteiger partial charge in [-0.15, -0.1) is 0 Å². The number of allylic oxidation sites excluding steroid dienone is 1. The van der Waals surface area contributed by atoms with E-state index in [1.54, 1.807) is 6.08 Å². The van der Waals surface area contributed by atoms with Crippen LogP contribution in [-0.4, -0.2) is 43.3 Å². The van der Waals surface area contributed by atoms with Crippen LogP contribution >= 0.6 is 0 Å². The summed E-state index contributed by atoms with van der Waals surface area (Å²) in [5, 5.41) is 20.6. The van der Waals surface area contributed by atoms with Crippen molar-refractivity contribution < 1.29 is 19.5 Å². The van der Waals surface area contributed by atoms with E-state index in [-0.39, 0.29) is 0 Å². The van der Waals surface area contributed by atoms with Crippen LogP contribution in [0.1, 0.15) is 0 Å². The van der Waals surface area contributed by atoms with Crippen LogP contribution in [-0.2, 0) is 9.47 Å².